The highest BCUT2D eigenvalue weighted by molar-refractivity contribution is 5.98. The Balaban J connectivity index is 1.73. The van der Waals surface area contributed by atoms with Gasteiger partial charge in [-0.05, 0) is 58.4 Å². The van der Waals surface area contributed by atoms with Gasteiger partial charge >= 0.3 is 0 Å². The van der Waals surface area contributed by atoms with Gasteiger partial charge in [0.1, 0.15) is 0 Å². The van der Waals surface area contributed by atoms with Crippen LogP contribution in [-0.4, -0.2) is 47.8 Å². The molecule has 1 aromatic carbocycles. The number of aryl methyl sites for hydroxylation is 2. The van der Waals surface area contributed by atoms with Crippen molar-refractivity contribution in [3.8, 4) is 11.5 Å². The first-order valence-corrected chi connectivity index (χ1v) is 9.99. The van der Waals surface area contributed by atoms with E-state index in [1.807, 2.05) is 6.07 Å². The summed E-state index contributed by atoms with van der Waals surface area (Å²) in [5, 5.41) is 4.63. The molecule has 1 saturated heterocycles. The van der Waals surface area contributed by atoms with Gasteiger partial charge in [0, 0.05) is 42.4 Å². The van der Waals surface area contributed by atoms with E-state index in [-0.39, 0.29) is 11.7 Å². The molecule has 0 bridgehead atoms. The summed E-state index contributed by atoms with van der Waals surface area (Å²) < 4.78 is 12.7. The van der Waals surface area contributed by atoms with E-state index >= 15 is 0 Å². The van der Waals surface area contributed by atoms with Crippen LogP contribution in [0.5, 0.6) is 11.5 Å². The number of ketones is 1. The van der Waals surface area contributed by atoms with Crippen LogP contribution in [0.1, 0.15) is 47.1 Å². The van der Waals surface area contributed by atoms with Crippen molar-refractivity contribution in [2.75, 3.05) is 27.3 Å². The van der Waals surface area contributed by atoms with Crippen LogP contribution < -0.4 is 9.47 Å². The predicted octanol–water partition coefficient (Wildman–Crippen LogP) is 3.63. The number of carbonyl (C=O) groups excluding carboxylic acids is 1. The van der Waals surface area contributed by atoms with Crippen molar-refractivity contribution in [1.29, 1.82) is 0 Å². The lowest BCUT2D eigenvalue weighted by Gasteiger charge is -2.32. The van der Waals surface area contributed by atoms with Gasteiger partial charge in [0.25, 0.3) is 0 Å². The molecule has 6 nitrogen and oxygen atoms in total. The summed E-state index contributed by atoms with van der Waals surface area (Å²) in [5.74, 6) is 1.43. The lowest BCUT2D eigenvalue weighted by Crippen LogP contribution is -2.38. The molecule has 0 N–H and O–H groups in total. The number of rotatable bonds is 7. The Kier molecular flexibility index (Phi) is 6.39. The number of piperidine rings is 1. The molecule has 152 valence electrons. The number of ether oxygens (including phenoxy) is 2. The fourth-order valence-electron chi connectivity index (χ4n) is 4.13. The van der Waals surface area contributed by atoms with Gasteiger partial charge in [-0.15, -0.1) is 0 Å². The minimum absolute atomic E-state index is 0.00804. The first-order chi connectivity index (χ1) is 13.5. The molecule has 0 saturated carbocycles. The molecule has 2 aromatic rings. The molecule has 0 amide bonds. The van der Waals surface area contributed by atoms with Gasteiger partial charge in [0.2, 0.25) is 0 Å². The summed E-state index contributed by atoms with van der Waals surface area (Å²) in [6.45, 7) is 9.86. The molecule has 1 fully saturated rings. The van der Waals surface area contributed by atoms with E-state index in [2.05, 4.69) is 35.5 Å². The zero-order valence-electron chi connectivity index (χ0n) is 17.6. The maximum absolute atomic E-state index is 13.1. The first-order valence-electron chi connectivity index (χ1n) is 9.99. The molecule has 0 aliphatic carbocycles. The second-order valence-electron chi connectivity index (χ2n) is 7.47. The van der Waals surface area contributed by atoms with Gasteiger partial charge in [-0.1, -0.05) is 0 Å². The smallest absolute Gasteiger partial charge is 0.167 e. The number of methoxy groups -OCH3 is 2. The Hall–Kier alpha value is -2.34. The number of Topliss-reactive ketones (excluding diaryl/α,β-unsaturated/α-hetero) is 1. The average molecular weight is 386 g/mol. The Morgan fingerprint density at radius 1 is 1.21 bits per heavy atom. The van der Waals surface area contributed by atoms with Gasteiger partial charge < -0.3 is 9.47 Å². The summed E-state index contributed by atoms with van der Waals surface area (Å²) in [6.07, 6.45) is 1.96. The maximum atomic E-state index is 13.1. The maximum Gasteiger partial charge on any atom is 0.167 e. The van der Waals surface area contributed by atoms with Crippen molar-refractivity contribution in [2.45, 2.75) is 46.7 Å². The number of hydrogen-bond acceptors (Lipinski definition) is 5. The zero-order valence-corrected chi connectivity index (χ0v) is 17.6. The minimum atomic E-state index is 0.00804. The lowest BCUT2D eigenvalue weighted by molar-refractivity contribution is 0.0811. The Labute approximate surface area is 167 Å². The van der Waals surface area contributed by atoms with E-state index in [1.54, 1.807) is 26.4 Å². The molecule has 2 heterocycles. The SMILES string of the molecule is CCn1nc(C)c(CN2CCCC(C(=O)c3ccc(OC)c(OC)c3)C2)c1C. The number of likely N-dealkylation sites (tertiary alicyclic amines) is 1. The molecule has 3 rings (SSSR count). The van der Waals surface area contributed by atoms with Crippen molar-refractivity contribution < 1.29 is 14.3 Å². The van der Waals surface area contributed by atoms with Crippen LogP contribution in [0, 0.1) is 19.8 Å². The molecular formula is C22H31N3O3. The molecule has 1 aliphatic rings. The van der Waals surface area contributed by atoms with E-state index in [0.717, 1.165) is 44.7 Å². The van der Waals surface area contributed by atoms with Crippen LogP contribution in [0.3, 0.4) is 0 Å². The largest absolute Gasteiger partial charge is 0.493 e. The van der Waals surface area contributed by atoms with Crippen LogP contribution in [0.4, 0.5) is 0 Å². The summed E-state index contributed by atoms with van der Waals surface area (Å²) >= 11 is 0. The molecule has 28 heavy (non-hydrogen) atoms. The molecule has 0 spiro atoms. The number of benzene rings is 1. The normalized spacial score (nSPS) is 17.5. The van der Waals surface area contributed by atoms with Crippen molar-refractivity contribution in [3.63, 3.8) is 0 Å². The number of nitrogens with zero attached hydrogens (tertiary/aromatic N) is 3. The average Bonchev–Trinajstić information content (AvgIpc) is 3.00. The highest BCUT2D eigenvalue weighted by atomic mass is 16.5. The van der Waals surface area contributed by atoms with Gasteiger partial charge in [-0.2, -0.15) is 5.10 Å². The van der Waals surface area contributed by atoms with Crippen LogP contribution in [-0.2, 0) is 13.1 Å². The third-order valence-corrected chi connectivity index (χ3v) is 5.76. The second-order valence-corrected chi connectivity index (χ2v) is 7.47. The quantitative estimate of drug-likeness (QED) is 0.681. The summed E-state index contributed by atoms with van der Waals surface area (Å²) in [7, 11) is 3.19. The summed E-state index contributed by atoms with van der Waals surface area (Å²) in [5.41, 5.74) is 4.30. The highest BCUT2D eigenvalue weighted by Crippen LogP contribution is 2.30. The van der Waals surface area contributed by atoms with Gasteiger partial charge in [-0.3, -0.25) is 14.4 Å². The van der Waals surface area contributed by atoms with E-state index in [0.29, 0.717) is 17.1 Å². The zero-order chi connectivity index (χ0) is 20.3. The van der Waals surface area contributed by atoms with Gasteiger partial charge in [-0.25, -0.2) is 0 Å². The highest BCUT2D eigenvalue weighted by Gasteiger charge is 2.28. The third kappa shape index (κ3) is 4.07. The van der Waals surface area contributed by atoms with Gasteiger partial charge in [0.15, 0.2) is 17.3 Å². The Bertz CT molecular complexity index is 844. The van der Waals surface area contributed by atoms with Crippen molar-refractivity contribution >= 4 is 5.78 Å². The molecule has 1 unspecified atom stereocenters. The van der Waals surface area contributed by atoms with Crippen LogP contribution in [0.15, 0.2) is 18.2 Å². The third-order valence-electron chi connectivity index (χ3n) is 5.76. The van der Waals surface area contributed by atoms with Crippen molar-refractivity contribution in [3.05, 3.63) is 40.7 Å². The molecule has 1 aliphatic heterocycles. The fraction of sp³-hybridized carbons (Fsp3) is 0.545. The number of carbonyl (C=O) groups is 1. The number of hydrogen-bond donors (Lipinski definition) is 0. The topological polar surface area (TPSA) is 56.6 Å². The van der Waals surface area contributed by atoms with Crippen LogP contribution in [0.2, 0.25) is 0 Å². The lowest BCUT2D eigenvalue weighted by atomic mass is 9.89. The minimum Gasteiger partial charge on any atom is -0.493 e. The van der Waals surface area contributed by atoms with Crippen molar-refractivity contribution in [2.24, 2.45) is 5.92 Å². The number of aromatic nitrogens is 2. The molecule has 6 heteroatoms. The van der Waals surface area contributed by atoms with E-state index in [1.165, 1.54) is 11.3 Å². The van der Waals surface area contributed by atoms with E-state index in [4.69, 9.17) is 9.47 Å². The molecular weight excluding hydrogens is 354 g/mol. The monoisotopic (exact) mass is 385 g/mol. The molecule has 1 atom stereocenters. The standard InChI is InChI=1S/C22H31N3O3/c1-6-25-16(3)19(15(2)23-25)14-24-11-7-8-18(13-24)22(26)17-9-10-20(27-4)21(12-17)28-5/h9-10,12,18H,6-8,11,13-14H2,1-5H3. The van der Waals surface area contributed by atoms with E-state index in [9.17, 15) is 4.79 Å². The fourth-order valence-corrected chi connectivity index (χ4v) is 4.13. The summed E-state index contributed by atoms with van der Waals surface area (Å²) in [6, 6.07) is 5.43. The van der Waals surface area contributed by atoms with Crippen LogP contribution >= 0.6 is 0 Å². The molecule has 0 radical (unpaired) electrons. The van der Waals surface area contributed by atoms with Gasteiger partial charge in [0.05, 0.1) is 19.9 Å². The Morgan fingerprint density at radius 2 is 1.96 bits per heavy atom. The predicted molar refractivity (Wildman–Crippen MR) is 109 cm³/mol. The first kappa shape index (κ1) is 20.4. The van der Waals surface area contributed by atoms with E-state index < -0.39 is 0 Å². The molecule has 1 aromatic heterocycles. The van der Waals surface area contributed by atoms with Crippen LogP contribution in [0.25, 0.3) is 0 Å². The Morgan fingerprint density at radius 3 is 2.61 bits per heavy atom. The second kappa shape index (κ2) is 8.78. The summed E-state index contributed by atoms with van der Waals surface area (Å²) in [4.78, 5) is 15.5. The van der Waals surface area contributed by atoms with Crippen molar-refractivity contribution in [1.82, 2.24) is 14.7 Å².